The van der Waals surface area contributed by atoms with E-state index in [1.165, 1.54) is 0 Å². The van der Waals surface area contributed by atoms with Crippen LogP contribution in [0, 0.1) is 0 Å². The van der Waals surface area contributed by atoms with Crippen LogP contribution in [0.3, 0.4) is 0 Å². The Balaban J connectivity index is 3.62. The van der Waals surface area contributed by atoms with E-state index in [-0.39, 0.29) is 6.54 Å². The van der Waals surface area contributed by atoms with Crippen LogP contribution in [0.2, 0.25) is 0 Å². The van der Waals surface area contributed by atoms with Gasteiger partial charge in [0.25, 0.3) is 10.2 Å². The first-order chi connectivity index (χ1) is 5.21. The molecular formula is C2H9N3O5S2. The van der Waals surface area contributed by atoms with Gasteiger partial charge in [-0.05, 0) is 0 Å². The van der Waals surface area contributed by atoms with Gasteiger partial charge >= 0.3 is 10.3 Å². The van der Waals surface area contributed by atoms with Crippen LogP contribution in [-0.2, 0) is 24.7 Å². The smallest absolute Gasteiger partial charge is 0.257 e. The minimum atomic E-state index is -4.02. The molecule has 0 radical (unpaired) electrons. The van der Waals surface area contributed by atoms with Gasteiger partial charge in [0.15, 0.2) is 0 Å². The first-order valence-corrected chi connectivity index (χ1v) is 5.67. The average molecular weight is 219 g/mol. The van der Waals surface area contributed by atoms with Gasteiger partial charge in [-0.2, -0.15) is 16.8 Å². The van der Waals surface area contributed by atoms with Crippen molar-refractivity contribution < 1.29 is 21.0 Å². The zero-order chi connectivity index (χ0) is 9.83. The molecule has 0 aliphatic heterocycles. The molecule has 0 aliphatic carbocycles. The molecule has 0 heterocycles. The lowest BCUT2D eigenvalue weighted by Gasteiger charge is -2.00. The van der Waals surface area contributed by atoms with Gasteiger partial charge in [-0.15, -0.1) is 0 Å². The van der Waals surface area contributed by atoms with Gasteiger partial charge in [0.1, 0.15) is 0 Å². The Bertz CT molecular complexity index is 283. The van der Waals surface area contributed by atoms with Crippen molar-refractivity contribution in [3.63, 3.8) is 0 Å². The summed E-state index contributed by atoms with van der Waals surface area (Å²) in [6, 6.07) is 0. The molecule has 0 unspecified atom stereocenters. The first kappa shape index (κ1) is 11.7. The van der Waals surface area contributed by atoms with E-state index in [1.807, 2.05) is 0 Å². The fraction of sp³-hybridized carbons (Fsp3) is 1.00. The quantitative estimate of drug-likeness (QED) is 0.422. The van der Waals surface area contributed by atoms with E-state index in [9.17, 15) is 16.8 Å². The van der Waals surface area contributed by atoms with Gasteiger partial charge in [-0.25, -0.2) is 15.0 Å². The fourth-order valence-electron chi connectivity index (χ4n) is 0.342. The zero-order valence-corrected chi connectivity index (χ0v) is 7.56. The molecule has 0 aromatic rings. The van der Waals surface area contributed by atoms with E-state index in [2.05, 4.69) is 14.5 Å². The second-order valence-electron chi connectivity index (χ2n) is 1.75. The molecule has 0 saturated carbocycles. The molecule has 0 aliphatic rings. The third-order valence-corrected chi connectivity index (χ3v) is 1.75. The standard InChI is InChI=1S/C2H9N3O5S2/c3-11(6,7)5-1-2-10-12(4,8)9/h5H,1-2H2,(H2,3,6,7)(H2,4,8,9). The first-order valence-electron chi connectivity index (χ1n) is 2.65. The SMILES string of the molecule is NS(=O)(=O)NCCOS(N)(=O)=O. The third-order valence-electron chi connectivity index (χ3n) is 0.653. The maximum absolute atomic E-state index is 10.2. The van der Waals surface area contributed by atoms with Crippen molar-refractivity contribution in [2.24, 2.45) is 10.3 Å². The number of rotatable bonds is 5. The second kappa shape index (κ2) is 4.11. The number of nitrogens with two attached hydrogens (primary N) is 2. The lowest BCUT2D eigenvalue weighted by Crippen LogP contribution is -2.34. The van der Waals surface area contributed by atoms with Gasteiger partial charge in [0.05, 0.1) is 6.61 Å². The third kappa shape index (κ3) is 9.74. The molecule has 0 atom stereocenters. The van der Waals surface area contributed by atoms with Crippen LogP contribution in [-0.4, -0.2) is 30.0 Å². The van der Waals surface area contributed by atoms with Crippen LogP contribution in [0.1, 0.15) is 0 Å². The molecule has 0 aromatic carbocycles. The van der Waals surface area contributed by atoms with Crippen molar-refractivity contribution in [2.75, 3.05) is 13.2 Å². The van der Waals surface area contributed by atoms with Crippen molar-refractivity contribution in [2.45, 2.75) is 0 Å². The van der Waals surface area contributed by atoms with Gasteiger partial charge in [0, 0.05) is 6.54 Å². The molecular weight excluding hydrogens is 210 g/mol. The van der Waals surface area contributed by atoms with Crippen molar-refractivity contribution in [1.82, 2.24) is 4.72 Å². The molecule has 12 heavy (non-hydrogen) atoms. The highest BCUT2D eigenvalue weighted by Crippen LogP contribution is 1.79. The molecule has 0 spiro atoms. The molecule has 8 nitrogen and oxygen atoms in total. The summed E-state index contributed by atoms with van der Waals surface area (Å²) in [6.07, 6.45) is 0. The minimum absolute atomic E-state index is 0.255. The summed E-state index contributed by atoms with van der Waals surface area (Å²) in [5.74, 6) is 0. The Labute approximate surface area is 70.3 Å². The highest BCUT2D eigenvalue weighted by atomic mass is 32.2. The van der Waals surface area contributed by atoms with Crippen LogP contribution >= 0.6 is 0 Å². The second-order valence-corrected chi connectivity index (χ2v) is 4.35. The predicted molar refractivity (Wildman–Crippen MR) is 40.2 cm³/mol. The number of nitrogens with one attached hydrogen (secondary N) is 1. The molecule has 0 bridgehead atoms. The molecule has 0 aromatic heterocycles. The monoisotopic (exact) mass is 219 g/mol. The van der Waals surface area contributed by atoms with E-state index in [1.54, 1.807) is 4.72 Å². The molecule has 0 amide bonds. The van der Waals surface area contributed by atoms with Crippen molar-refractivity contribution >= 4 is 20.5 Å². The summed E-state index contributed by atoms with van der Waals surface area (Å²) in [5.41, 5.74) is 0. The van der Waals surface area contributed by atoms with Gasteiger partial charge in [-0.3, -0.25) is 4.18 Å². The van der Waals surface area contributed by atoms with Crippen molar-refractivity contribution in [3.05, 3.63) is 0 Å². The summed E-state index contributed by atoms with van der Waals surface area (Å²) in [4.78, 5) is 0. The maximum Gasteiger partial charge on any atom is 0.333 e. The van der Waals surface area contributed by atoms with Crippen LogP contribution in [0.15, 0.2) is 0 Å². The number of hydrogen-bond donors (Lipinski definition) is 3. The van der Waals surface area contributed by atoms with Crippen LogP contribution in [0.4, 0.5) is 0 Å². The highest BCUT2D eigenvalue weighted by Gasteiger charge is 2.03. The molecule has 10 heteroatoms. The fourth-order valence-corrected chi connectivity index (χ4v) is 1.03. The molecule has 0 fully saturated rings. The Morgan fingerprint density at radius 3 is 2.00 bits per heavy atom. The Hall–Kier alpha value is -0.260. The van der Waals surface area contributed by atoms with Crippen LogP contribution in [0.25, 0.3) is 0 Å². The minimum Gasteiger partial charge on any atom is -0.257 e. The molecule has 5 N–H and O–H groups in total. The van der Waals surface area contributed by atoms with Crippen LogP contribution < -0.4 is 15.0 Å². The molecule has 74 valence electrons. The Kier molecular flexibility index (Phi) is 4.02. The summed E-state index contributed by atoms with van der Waals surface area (Å²) in [6.45, 7) is -0.648. The summed E-state index contributed by atoms with van der Waals surface area (Å²) in [7, 11) is -7.82. The Morgan fingerprint density at radius 1 is 1.17 bits per heavy atom. The summed E-state index contributed by atoms with van der Waals surface area (Å²) in [5, 5.41) is 8.94. The van der Waals surface area contributed by atoms with Gasteiger partial charge < -0.3 is 0 Å². The highest BCUT2D eigenvalue weighted by molar-refractivity contribution is 7.87. The van der Waals surface area contributed by atoms with Gasteiger partial charge in [0.2, 0.25) is 0 Å². The lowest BCUT2D eigenvalue weighted by molar-refractivity contribution is 0.323. The summed E-state index contributed by atoms with van der Waals surface area (Å²) < 4.78 is 46.4. The number of hydrogen-bond acceptors (Lipinski definition) is 5. The zero-order valence-electron chi connectivity index (χ0n) is 5.93. The summed E-state index contributed by atoms with van der Waals surface area (Å²) >= 11 is 0. The Morgan fingerprint density at radius 2 is 1.67 bits per heavy atom. The van der Waals surface area contributed by atoms with Crippen molar-refractivity contribution in [3.8, 4) is 0 Å². The van der Waals surface area contributed by atoms with E-state index < -0.39 is 27.1 Å². The molecule has 0 rings (SSSR count). The van der Waals surface area contributed by atoms with Crippen molar-refractivity contribution in [1.29, 1.82) is 0 Å². The predicted octanol–water partition coefficient (Wildman–Crippen LogP) is -3.00. The van der Waals surface area contributed by atoms with E-state index in [4.69, 9.17) is 0 Å². The largest absolute Gasteiger partial charge is 0.333 e. The van der Waals surface area contributed by atoms with E-state index >= 15 is 0 Å². The topological polar surface area (TPSA) is 142 Å². The van der Waals surface area contributed by atoms with E-state index in [0.717, 1.165) is 0 Å². The normalized spacial score (nSPS) is 13.2. The molecule has 0 saturated heterocycles. The van der Waals surface area contributed by atoms with E-state index in [0.29, 0.717) is 0 Å². The van der Waals surface area contributed by atoms with Gasteiger partial charge in [-0.1, -0.05) is 0 Å². The average Bonchev–Trinajstić information content (AvgIpc) is 1.76. The lowest BCUT2D eigenvalue weighted by atomic mass is 10.8. The van der Waals surface area contributed by atoms with Crippen LogP contribution in [0.5, 0.6) is 0 Å². The maximum atomic E-state index is 10.2.